The minimum Gasteiger partial charge on any atom is -0.285 e. The number of carbonyl (C=O) groups excluding carboxylic acids is 1. The first kappa shape index (κ1) is 16.3. The summed E-state index contributed by atoms with van der Waals surface area (Å²) in [5.41, 5.74) is 0. The van der Waals surface area contributed by atoms with Crippen LogP contribution in [0.3, 0.4) is 0 Å². The minimum atomic E-state index is -4.98. The van der Waals surface area contributed by atoms with E-state index in [0.29, 0.717) is 20.8 Å². The molecule has 7 nitrogen and oxygen atoms in total. The molecule has 1 unspecified atom stereocenters. The van der Waals surface area contributed by atoms with Crippen molar-refractivity contribution in [3.63, 3.8) is 0 Å². The van der Waals surface area contributed by atoms with Gasteiger partial charge in [0.2, 0.25) is 10.9 Å². The second kappa shape index (κ2) is 4.18. The second-order valence-corrected chi connectivity index (χ2v) is 8.01. The van der Waals surface area contributed by atoms with Gasteiger partial charge in [0.15, 0.2) is 0 Å². The Balaban J connectivity index is 5.82. The molecular weight excluding hydrogens is 277 g/mol. The van der Waals surface area contributed by atoms with Crippen molar-refractivity contribution in [2.45, 2.75) is 37.4 Å². The third-order valence-corrected chi connectivity index (χ3v) is 6.38. The third kappa shape index (κ3) is 2.75. The van der Waals surface area contributed by atoms with E-state index in [1.165, 1.54) is 4.72 Å². The van der Waals surface area contributed by atoms with Gasteiger partial charge in [-0.05, 0) is 20.8 Å². The number of carbonyl (C=O) groups is 1. The van der Waals surface area contributed by atoms with Crippen molar-refractivity contribution in [2.75, 3.05) is 0 Å². The monoisotopic (exact) mass is 291 g/mol. The Morgan fingerprint density at radius 3 is 1.76 bits per heavy atom. The molecule has 0 aromatic carbocycles. The summed E-state index contributed by atoms with van der Waals surface area (Å²) in [5, 5.41) is -3.39. The van der Waals surface area contributed by atoms with Crippen molar-refractivity contribution >= 4 is 26.0 Å². The highest BCUT2D eigenvalue weighted by Gasteiger charge is 2.59. The molecular formula is C7H14FNO6S2. The molecule has 0 fully saturated rings. The van der Waals surface area contributed by atoms with Gasteiger partial charge in [0.25, 0.3) is 20.1 Å². The first-order valence-corrected chi connectivity index (χ1v) is 7.28. The summed E-state index contributed by atoms with van der Waals surface area (Å²) < 4.78 is 66.6. The molecule has 0 aliphatic heterocycles. The average molecular weight is 291 g/mol. The number of amides is 1. The fourth-order valence-electron chi connectivity index (χ4n) is 0.839. The van der Waals surface area contributed by atoms with E-state index < -0.39 is 35.8 Å². The van der Waals surface area contributed by atoms with E-state index >= 15 is 0 Å². The number of nitrogens with one attached hydrogen (secondary N) is 1. The van der Waals surface area contributed by atoms with Crippen LogP contribution < -0.4 is 4.72 Å². The first-order chi connectivity index (χ1) is 7.17. The maximum atomic E-state index is 14.2. The van der Waals surface area contributed by atoms with Crippen LogP contribution >= 0.6 is 0 Å². The molecule has 102 valence electrons. The Bertz CT molecular complexity index is 519. The highest BCUT2D eigenvalue weighted by Crippen LogP contribution is 2.36. The molecule has 17 heavy (non-hydrogen) atoms. The van der Waals surface area contributed by atoms with Crippen LogP contribution in [-0.4, -0.2) is 37.0 Å². The SMILES string of the molecule is CC(=O)NS(=O)(=O)C(C)(F)C(C)(C)S(=O)(=O)O. The zero-order valence-electron chi connectivity index (χ0n) is 9.68. The lowest BCUT2D eigenvalue weighted by atomic mass is 10.1. The van der Waals surface area contributed by atoms with Gasteiger partial charge in [-0.15, -0.1) is 0 Å². The van der Waals surface area contributed by atoms with Crippen LogP contribution in [0.2, 0.25) is 0 Å². The van der Waals surface area contributed by atoms with Gasteiger partial charge in [-0.2, -0.15) is 8.42 Å². The van der Waals surface area contributed by atoms with E-state index in [1.54, 1.807) is 0 Å². The van der Waals surface area contributed by atoms with Crippen LogP contribution in [0.25, 0.3) is 0 Å². The number of hydrogen-bond donors (Lipinski definition) is 2. The van der Waals surface area contributed by atoms with Gasteiger partial charge in [0.1, 0.15) is 4.75 Å². The Labute approximate surface area is 99.2 Å². The number of rotatable bonds is 4. The molecule has 0 saturated carbocycles. The molecule has 0 spiro atoms. The van der Waals surface area contributed by atoms with Crippen molar-refractivity contribution in [3.05, 3.63) is 0 Å². The molecule has 0 aromatic rings. The van der Waals surface area contributed by atoms with E-state index in [4.69, 9.17) is 4.55 Å². The lowest BCUT2D eigenvalue weighted by molar-refractivity contribution is -0.117. The van der Waals surface area contributed by atoms with Gasteiger partial charge in [-0.1, -0.05) is 0 Å². The number of alkyl halides is 1. The zero-order valence-corrected chi connectivity index (χ0v) is 11.3. The van der Waals surface area contributed by atoms with Gasteiger partial charge < -0.3 is 0 Å². The summed E-state index contributed by atoms with van der Waals surface area (Å²) in [6.07, 6.45) is 0. The second-order valence-electron chi connectivity index (χ2n) is 4.06. The molecule has 0 rings (SSSR count). The quantitative estimate of drug-likeness (QED) is 0.693. The van der Waals surface area contributed by atoms with Crippen LogP contribution in [0, 0.1) is 0 Å². The van der Waals surface area contributed by atoms with Crippen LogP contribution in [0.4, 0.5) is 4.39 Å². The van der Waals surface area contributed by atoms with E-state index in [1.807, 2.05) is 0 Å². The van der Waals surface area contributed by atoms with Crippen molar-refractivity contribution < 1.29 is 30.6 Å². The summed E-state index contributed by atoms with van der Waals surface area (Å²) in [4.78, 5) is 10.6. The molecule has 2 N–H and O–H groups in total. The molecule has 0 radical (unpaired) electrons. The van der Waals surface area contributed by atoms with Crippen LogP contribution in [-0.2, 0) is 24.9 Å². The number of hydrogen-bond acceptors (Lipinski definition) is 5. The number of sulfonamides is 1. The Morgan fingerprint density at radius 2 is 1.53 bits per heavy atom. The highest BCUT2D eigenvalue weighted by molar-refractivity contribution is 7.94. The molecule has 1 amide bonds. The zero-order chi connectivity index (χ0) is 14.3. The maximum Gasteiger partial charge on any atom is 0.274 e. The molecule has 0 aliphatic carbocycles. The summed E-state index contributed by atoms with van der Waals surface area (Å²) in [6.45, 7) is 2.67. The standard InChI is InChI=1S/C7H14FNO6S2/c1-5(10)9-16(11,12)7(4,8)6(2,3)17(13,14)15/h1-4H3,(H,9,10)(H,13,14,15). The minimum absolute atomic E-state index is 0.450. The van der Waals surface area contributed by atoms with Crippen molar-refractivity contribution in [1.82, 2.24) is 4.72 Å². The Hall–Kier alpha value is -0.740. The molecule has 0 bridgehead atoms. The lowest BCUT2D eigenvalue weighted by Gasteiger charge is -2.33. The van der Waals surface area contributed by atoms with Gasteiger partial charge in [-0.25, -0.2) is 12.8 Å². The van der Waals surface area contributed by atoms with E-state index in [9.17, 15) is 26.0 Å². The Morgan fingerprint density at radius 1 is 1.18 bits per heavy atom. The van der Waals surface area contributed by atoms with Gasteiger partial charge in [0.05, 0.1) is 0 Å². The molecule has 0 aromatic heterocycles. The molecule has 10 heteroatoms. The smallest absolute Gasteiger partial charge is 0.274 e. The van der Waals surface area contributed by atoms with Crippen LogP contribution in [0.15, 0.2) is 0 Å². The maximum absolute atomic E-state index is 14.2. The van der Waals surface area contributed by atoms with Gasteiger partial charge in [0, 0.05) is 6.92 Å². The number of halogens is 1. The van der Waals surface area contributed by atoms with Crippen molar-refractivity contribution in [1.29, 1.82) is 0 Å². The summed E-state index contributed by atoms with van der Waals surface area (Å²) in [5.74, 6) is -1.07. The van der Waals surface area contributed by atoms with E-state index in [-0.39, 0.29) is 0 Å². The summed E-state index contributed by atoms with van der Waals surface area (Å²) in [6, 6.07) is 0. The topological polar surface area (TPSA) is 118 Å². The van der Waals surface area contributed by atoms with Gasteiger partial charge >= 0.3 is 0 Å². The summed E-state index contributed by atoms with van der Waals surface area (Å²) in [7, 11) is -9.89. The van der Waals surface area contributed by atoms with Crippen molar-refractivity contribution in [2.24, 2.45) is 0 Å². The van der Waals surface area contributed by atoms with Crippen LogP contribution in [0.1, 0.15) is 27.7 Å². The Kier molecular flexibility index (Phi) is 3.99. The fourth-order valence-corrected chi connectivity index (χ4v) is 3.16. The van der Waals surface area contributed by atoms with Crippen LogP contribution in [0.5, 0.6) is 0 Å². The first-order valence-electron chi connectivity index (χ1n) is 4.35. The van der Waals surface area contributed by atoms with Crippen molar-refractivity contribution in [3.8, 4) is 0 Å². The molecule has 1 atom stereocenters. The highest BCUT2D eigenvalue weighted by atomic mass is 32.2. The van der Waals surface area contributed by atoms with E-state index in [2.05, 4.69) is 0 Å². The lowest BCUT2D eigenvalue weighted by Crippen LogP contribution is -2.58. The largest absolute Gasteiger partial charge is 0.285 e. The average Bonchev–Trinajstić information content (AvgIpc) is 1.98. The predicted molar refractivity (Wildman–Crippen MR) is 57.9 cm³/mol. The molecule has 0 aliphatic rings. The summed E-state index contributed by atoms with van der Waals surface area (Å²) >= 11 is 0. The van der Waals surface area contributed by atoms with Gasteiger partial charge in [-0.3, -0.25) is 14.1 Å². The van der Waals surface area contributed by atoms with E-state index in [0.717, 1.165) is 6.92 Å². The fraction of sp³-hybridized carbons (Fsp3) is 0.857. The predicted octanol–water partition coefficient (Wildman–Crippen LogP) is -0.196. The molecule has 0 saturated heterocycles. The normalized spacial score (nSPS) is 17.3. The molecule has 0 heterocycles. The third-order valence-electron chi connectivity index (χ3n) is 2.50.